The molecule has 1 amide bonds. The van der Waals surface area contributed by atoms with E-state index >= 15 is 0 Å². The molecule has 1 aromatic carbocycles. The molecule has 5 heteroatoms. The fourth-order valence-corrected chi connectivity index (χ4v) is 2.64. The summed E-state index contributed by atoms with van der Waals surface area (Å²) in [6, 6.07) is 8.16. The van der Waals surface area contributed by atoms with Gasteiger partial charge in [-0.15, -0.1) is 12.4 Å². The molecule has 1 heterocycles. The monoisotopic (exact) mass is 380 g/mol. The van der Waals surface area contributed by atoms with Crippen molar-refractivity contribution in [1.82, 2.24) is 10.2 Å². The van der Waals surface area contributed by atoms with Gasteiger partial charge in [0.25, 0.3) is 0 Å². The largest absolute Gasteiger partial charge is 0.341 e. The van der Waals surface area contributed by atoms with E-state index in [2.05, 4.69) is 34.0 Å². The molecule has 0 atom stereocenters. The zero-order valence-corrected chi connectivity index (χ0v) is 13.2. The highest BCUT2D eigenvalue weighted by molar-refractivity contribution is 14.1. The van der Waals surface area contributed by atoms with E-state index in [9.17, 15) is 4.79 Å². The third-order valence-electron chi connectivity index (χ3n) is 2.94. The van der Waals surface area contributed by atoms with Gasteiger partial charge in [-0.05, 0) is 53.3 Å². The number of hydrogen-bond donors (Lipinski definition) is 1. The molecule has 100 valence electrons. The van der Waals surface area contributed by atoms with Crippen LogP contribution in [0, 0.1) is 3.57 Å². The van der Waals surface area contributed by atoms with Crippen molar-refractivity contribution in [3.05, 3.63) is 33.4 Å². The molecule has 2 rings (SSSR count). The molecule has 0 aromatic heterocycles. The number of benzene rings is 1. The quantitative estimate of drug-likeness (QED) is 0.797. The molecule has 0 unspecified atom stereocenters. The molecule has 1 aromatic rings. The molecular weight excluding hydrogens is 363 g/mol. The van der Waals surface area contributed by atoms with Crippen LogP contribution in [0.25, 0.3) is 0 Å². The Morgan fingerprint density at radius 2 is 2.17 bits per heavy atom. The molecule has 1 N–H and O–H groups in total. The molecular formula is C13H18ClIN2O. The molecule has 1 fully saturated rings. The Balaban J connectivity index is 0.00000162. The minimum absolute atomic E-state index is 0. The molecule has 0 bridgehead atoms. The Kier molecular flexibility index (Phi) is 6.96. The van der Waals surface area contributed by atoms with Crippen LogP contribution >= 0.6 is 35.0 Å². The second kappa shape index (κ2) is 7.96. The fraction of sp³-hybridized carbons (Fsp3) is 0.462. The van der Waals surface area contributed by atoms with Crippen molar-refractivity contribution < 1.29 is 4.79 Å². The summed E-state index contributed by atoms with van der Waals surface area (Å²) in [6.07, 6.45) is 1.58. The van der Waals surface area contributed by atoms with Gasteiger partial charge in [0.1, 0.15) is 0 Å². The molecule has 0 aliphatic carbocycles. The lowest BCUT2D eigenvalue weighted by Gasteiger charge is -2.19. The van der Waals surface area contributed by atoms with Gasteiger partial charge >= 0.3 is 0 Å². The van der Waals surface area contributed by atoms with Crippen LogP contribution in [-0.4, -0.2) is 37.0 Å². The number of nitrogens with one attached hydrogen (secondary N) is 1. The van der Waals surface area contributed by atoms with E-state index in [1.807, 2.05) is 23.1 Å². The van der Waals surface area contributed by atoms with E-state index in [1.165, 1.54) is 3.57 Å². The lowest BCUT2D eigenvalue weighted by molar-refractivity contribution is -0.130. The van der Waals surface area contributed by atoms with E-state index in [4.69, 9.17) is 0 Å². The Morgan fingerprint density at radius 1 is 1.33 bits per heavy atom. The van der Waals surface area contributed by atoms with Crippen molar-refractivity contribution in [3.8, 4) is 0 Å². The molecule has 0 spiro atoms. The van der Waals surface area contributed by atoms with Gasteiger partial charge in [-0.3, -0.25) is 4.79 Å². The summed E-state index contributed by atoms with van der Waals surface area (Å²) in [5, 5.41) is 3.31. The average Bonchev–Trinajstić information content (AvgIpc) is 2.57. The maximum atomic E-state index is 12.1. The predicted octanol–water partition coefficient (Wildman–Crippen LogP) is 2.08. The second-order valence-electron chi connectivity index (χ2n) is 4.29. The Bertz CT molecular complexity index is 392. The molecule has 1 saturated heterocycles. The molecule has 1 aliphatic rings. The van der Waals surface area contributed by atoms with Crippen molar-refractivity contribution in [3.63, 3.8) is 0 Å². The van der Waals surface area contributed by atoms with Crippen LogP contribution in [0.4, 0.5) is 0 Å². The van der Waals surface area contributed by atoms with Gasteiger partial charge in [0.05, 0.1) is 6.42 Å². The zero-order chi connectivity index (χ0) is 12.1. The summed E-state index contributed by atoms with van der Waals surface area (Å²) >= 11 is 2.28. The first kappa shape index (κ1) is 15.7. The van der Waals surface area contributed by atoms with Crippen molar-refractivity contribution >= 4 is 40.9 Å². The molecule has 3 nitrogen and oxygen atoms in total. The number of hydrogen-bond acceptors (Lipinski definition) is 2. The van der Waals surface area contributed by atoms with Crippen LogP contribution in [-0.2, 0) is 11.2 Å². The van der Waals surface area contributed by atoms with Crippen LogP contribution in [0.3, 0.4) is 0 Å². The number of amides is 1. The van der Waals surface area contributed by atoms with E-state index in [1.54, 1.807) is 0 Å². The summed E-state index contributed by atoms with van der Waals surface area (Å²) in [5.41, 5.74) is 1.11. The zero-order valence-electron chi connectivity index (χ0n) is 10.2. The lowest BCUT2D eigenvalue weighted by Crippen LogP contribution is -2.35. The first-order chi connectivity index (χ1) is 8.25. The van der Waals surface area contributed by atoms with Crippen molar-refractivity contribution in [2.24, 2.45) is 0 Å². The van der Waals surface area contributed by atoms with E-state index in [0.29, 0.717) is 6.42 Å². The Hall–Kier alpha value is -0.330. The van der Waals surface area contributed by atoms with E-state index in [0.717, 1.165) is 38.2 Å². The van der Waals surface area contributed by atoms with E-state index in [-0.39, 0.29) is 18.3 Å². The number of halogens is 2. The molecule has 0 radical (unpaired) electrons. The van der Waals surface area contributed by atoms with Crippen LogP contribution in [0.15, 0.2) is 24.3 Å². The number of rotatable bonds is 2. The topological polar surface area (TPSA) is 32.3 Å². The van der Waals surface area contributed by atoms with Gasteiger partial charge < -0.3 is 10.2 Å². The van der Waals surface area contributed by atoms with Gasteiger partial charge in [0.2, 0.25) is 5.91 Å². The summed E-state index contributed by atoms with van der Waals surface area (Å²) in [6.45, 7) is 3.66. The van der Waals surface area contributed by atoms with Gasteiger partial charge in [0.15, 0.2) is 0 Å². The Morgan fingerprint density at radius 3 is 2.94 bits per heavy atom. The van der Waals surface area contributed by atoms with Crippen molar-refractivity contribution in [2.75, 3.05) is 26.2 Å². The van der Waals surface area contributed by atoms with Crippen LogP contribution in [0.1, 0.15) is 12.0 Å². The SMILES string of the molecule is Cl.O=C(Cc1cccc(I)c1)N1CCCNCC1. The van der Waals surface area contributed by atoms with Gasteiger partial charge in [-0.1, -0.05) is 12.1 Å². The summed E-state index contributed by atoms with van der Waals surface area (Å²) in [4.78, 5) is 14.1. The minimum atomic E-state index is 0. The van der Waals surface area contributed by atoms with Gasteiger partial charge in [-0.25, -0.2) is 0 Å². The minimum Gasteiger partial charge on any atom is -0.341 e. The van der Waals surface area contributed by atoms with Crippen LogP contribution in [0.5, 0.6) is 0 Å². The second-order valence-corrected chi connectivity index (χ2v) is 5.54. The smallest absolute Gasteiger partial charge is 0.227 e. The fourth-order valence-electron chi connectivity index (χ4n) is 2.03. The first-order valence-electron chi connectivity index (χ1n) is 5.98. The summed E-state index contributed by atoms with van der Waals surface area (Å²) in [7, 11) is 0. The van der Waals surface area contributed by atoms with Gasteiger partial charge in [0, 0.05) is 23.2 Å². The lowest BCUT2D eigenvalue weighted by atomic mass is 10.1. The molecule has 1 aliphatic heterocycles. The normalized spacial score (nSPS) is 15.7. The summed E-state index contributed by atoms with van der Waals surface area (Å²) in [5.74, 6) is 0.246. The van der Waals surface area contributed by atoms with Crippen LogP contribution < -0.4 is 5.32 Å². The molecule has 18 heavy (non-hydrogen) atoms. The first-order valence-corrected chi connectivity index (χ1v) is 7.06. The predicted molar refractivity (Wildman–Crippen MR) is 84.2 cm³/mol. The number of carbonyl (C=O) groups excluding carboxylic acids is 1. The third kappa shape index (κ3) is 4.74. The Labute approximate surface area is 128 Å². The van der Waals surface area contributed by atoms with Crippen molar-refractivity contribution in [2.45, 2.75) is 12.8 Å². The highest BCUT2D eigenvalue weighted by Gasteiger charge is 2.15. The highest BCUT2D eigenvalue weighted by atomic mass is 127. The number of carbonyl (C=O) groups is 1. The summed E-state index contributed by atoms with van der Waals surface area (Å²) < 4.78 is 1.19. The standard InChI is InChI=1S/C13H17IN2O.ClH/c14-12-4-1-3-11(9-12)10-13(17)16-7-2-5-15-6-8-16;/h1,3-4,9,15H,2,5-8,10H2;1H. The molecule has 0 saturated carbocycles. The third-order valence-corrected chi connectivity index (χ3v) is 3.61. The van der Waals surface area contributed by atoms with Crippen LogP contribution in [0.2, 0.25) is 0 Å². The average molecular weight is 381 g/mol. The van der Waals surface area contributed by atoms with Crippen molar-refractivity contribution in [1.29, 1.82) is 0 Å². The maximum Gasteiger partial charge on any atom is 0.227 e. The highest BCUT2D eigenvalue weighted by Crippen LogP contribution is 2.10. The van der Waals surface area contributed by atoms with E-state index < -0.39 is 0 Å². The number of nitrogens with zero attached hydrogens (tertiary/aromatic N) is 1. The van der Waals surface area contributed by atoms with Gasteiger partial charge in [-0.2, -0.15) is 0 Å². The maximum absolute atomic E-state index is 12.1.